The Bertz CT molecular complexity index is 330. The Labute approximate surface area is 93.9 Å². The summed E-state index contributed by atoms with van der Waals surface area (Å²) in [5.74, 6) is 0. The first-order chi connectivity index (χ1) is 6.59. The Kier molecular flexibility index (Phi) is 4.25. The molecule has 1 rings (SSSR count). The number of thiocarbonyl (C=S) groups is 1. The maximum atomic E-state index is 5.95. The number of halogens is 1. The predicted octanol–water partition coefficient (Wildman–Crippen LogP) is 1.45. The molecule has 0 bridgehead atoms. The minimum Gasteiger partial charge on any atom is -0.392 e. The second kappa shape index (κ2) is 5.24. The maximum Gasteiger partial charge on any atom is 0.0870 e. The second-order valence-electron chi connectivity index (χ2n) is 3.11. The largest absolute Gasteiger partial charge is 0.392 e. The fourth-order valence-electron chi connectivity index (χ4n) is 1.14. The molecule has 0 aromatic carbocycles. The van der Waals surface area contributed by atoms with Gasteiger partial charge in [0.25, 0.3) is 0 Å². The summed E-state index contributed by atoms with van der Waals surface area (Å²) < 4.78 is 0. The van der Waals surface area contributed by atoms with E-state index in [1.807, 2.05) is 18.0 Å². The van der Waals surface area contributed by atoms with Crippen molar-refractivity contribution < 1.29 is 0 Å². The monoisotopic (exact) mass is 229 g/mol. The topological polar surface area (TPSA) is 42.1 Å². The summed E-state index contributed by atoms with van der Waals surface area (Å²) in [4.78, 5) is 6.40. The molecule has 5 heteroatoms. The highest BCUT2D eigenvalue weighted by molar-refractivity contribution is 7.80. The molecule has 3 nitrogen and oxygen atoms in total. The number of pyridine rings is 1. The molecule has 1 aromatic rings. The Hall–Kier alpha value is -0.710. The molecule has 0 unspecified atom stereocenters. The fourth-order valence-corrected chi connectivity index (χ4v) is 1.54. The maximum absolute atomic E-state index is 5.95. The van der Waals surface area contributed by atoms with E-state index in [1.54, 1.807) is 12.4 Å². The molecule has 0 aliphatic rings. The summed E-state index contributed by atoms with van der Waals surface area (Å²) in [5, 5.41) is 0.669. The van der Waals surface area contributed by atoms with Crippen LogP contribution in [0.1, 0.15) is 5.56 Å². The van der Waals surface area contributed by atoms with Crippen LogP contribution in [-0.4, -0.2) is 28.5 Å². The molecule has 0 amide bonds. The highest BCUT2D eigenvalue weighted by Crippen LogP contribution is 2.14. The summed E-state index contributed by atoms with van der Waals surface area (Å²) in [6.45, 7) is 1.31. The van der Waals surface area contributed by atoms with Gasteiger partial charge in [0, 0.05) is 25.5 Å². The van der Waals surface area contributed by atoms with E-state index in [0.29, 0.717) is 16.6 Å². The minimum absolute atomic E-state index is 0.484. The summed E-state index contributed by atoms with van der Waals surface area (Å²) >= 11 is 10.8. The van der Waals surface area contributed by atoms with Crippen molar-refractivity contribution in [1.29, 1.82) is 0 Å². The van der Waals surface area contributed by atoms with Gasteiger partial charge < -0.3 is 5.73 Å². The summed E-state index contributed by atoms with van der Waals surface area (Å²) in [6.07, 6.45) is 3.35. The molecular weight excluding hydrogens is 218 g/mol. The molecule has 0 aliphatic carbocycles. The van der Waals surface area contributed by atoms with Gasteiger partial charge in [-0.2, -0.15) is 0 Å². The zero-order chi connectivity index (χ0) is 10.6. The average Bonchev–Trinajstić information content (AvgIpc) is 2.07. The first-order valence-electron chi connectivity index (χ1n) is 4.15. The molecule has 1 aromatic heterocycles. The smallest absolute Gasteiger partial charge is 0.0870 e. The van der Waals surface area contributed by atoms with E-state index < -0.39 is 0 Å². The van der Waals surface area contributed by atoms with E-state index in [-0.39, 0.29) is 0 Å². The number of rotatable bonds is 4. The van der Waals surface area contributed by atoms with Gasteiger partial charge in [0.15, 0.2) is 0 Å². The van der Waals surface area contributed by atoms with Crippen LogP contribution in [0.15, 0.2) is 18.5 Å². The molecule has 0 aliphatic heterocycles. The highest BCUT2D eigenvalue weighted by Gasteiger charge is 2.04. The number of nitrogens with zero attached hydrogens (tertiary/aromatic N) is 2. The molecule has 0 spiro atoms. The van der Waals surface area contributed by atoms with Crippen LogP contribution in [0.2, 0.25) is 5.02 Å². The van der Waals surface area contributed by atoms with E-state index in [0.717, 1.165) is 12.1 Å². The Morgan fingerprint density at radius 1 is 1.71 bits per heavy atom. The van der Waals surface area contributed by atoms with Gasteiger partial charge in [-0.25, -0.2) is 0 Å². The Balaban J connectivity index is 2.60. The van der Waals surface area contributed by atoms with Gasteiger partial charge in [0.1, 0.15) is 0 Å². The quantitative estimate of drug-likeness (QED) is 0.794. The molecule has 1 heterocycles. The van der Waals surface area contributed by atoms with Gasteiger partial charge >= 0.3 is 0 Å². The van der Waals surface area contributed by atoms with Gasteiger partial charge in [-0.15, -0.1) is 0 Å². The first-order valence-corrected chi connectivity index (χ1v) is 4.93. The zero-order valence-corrected chi connectivity index (χ0v) is 9.48. The SMILES string of the molecule is CN(CC(N)=S)Cc1ccncc1Cl. The van der Waals surface area contributed by atoms with Crippen LogP contribution in [0.5, 0.6) is 0 Å². The van der Waals surface area contributed by atoms with E-state index in [9.17, 15) is 0 Å². The van der Waals surface area contributed by atoms with Crippen LogP contribution in [-0.2, 0) is 6.54 Å². The summed E-state index contributed by atoms with van der Waals surface area (Å²) in [6, 6.07) is 1.89. The van der Waals surface area contributed by atoms with Crippen LogP contribution in [0, 0.1) is 0 Å². The molecule has 0 fully saturated rings. The molecule has 2 N–H and O–H groups in total. The summed E-state index contributed by atoms with van der Waals surface area (Å²) in [5.41, 5.74) is 6.46. The number of hydrogen-bond donors (Lipinski definition) is 1. The Morgan fingerprint density at radius 3 is 3.00 bits per heavy atom. The van der Waals surface area contributed by atoms with Crippen molar-refractivity contribution in [2.45, 2.75) is 6.54 Å². The predicted molar refractivity (Wildman–Crippen MR) is 62.4 cm³/mol. The highest BCUT2D eigenvalue weighted by atomic mass is 35.5. The molecular formula is C9H12ClN3S. The van der Waals surface area contributed by atoms with Crippen molar-refractivity contribution in [3.63, 3.8) is 0 Å². The molecule has 0 atom stereocenters. The van der Waals surface area contributed by atoms with Gasteiger partial charge in [-0.3, -0.25) is 9.88 Å². The van der Waals surface area contributed by atoms with Crippen molar-refractivity contribution in [3.05, 3.63) is 29.0 Å². The zero-order valence-electron chi connectivity index (χ0n) is 7.90. The Morgan fingerprint density at radius 2 is 2.43 bits per heavy atom. The molecule has 0 saturated carbocycles. The van der Waals surface area contributed by atoms with Crippen LogP contribution in [0.3, 0.4) is 0 Å². The van der Waals surface area contributed by atoms with Crippen LogP contribution < -0.4 is 5.73 Å². The van der Waals surface area contributed by atoms with Crippen molar-refractivity contribution in [1.82, 2.24) is 9.88 Å². The third-order valence-electron chi connectivity index (χ3n) is 1.72. The molecule has 14 heavy (non-hydrogen) atoms. The van der Waals surface area contributed by atoms with Crippen LogP contribution in [0.4, 0.5) is 0 Å². The van der Waals surface area contributed by atoms with E-state index in [1.165, 1.54) is 0 Å². The lowest BCUT2D eigenvalue weighted by Crippen LogP contribution is -2.29. The van der Waals surface area contributed by atoms with E-state index in [4.69, 9.17) is 29.6 Å². The third-order valence-corrected chi connectivity index (χ3v) is 2.19. The van der Waals surface area contributed by atoms with Crippen molar-refractivity contribution >= 4 is 28.8 Å². The van der Waals surface area contributed by atoms with Crippen LogP contribution >= 0.6 is 23.8 Å². The average molecular weight is 230 g/mol. The first kappa shape index (κ1) is 11.4. The number of nitrogens with two attached hydrogens (primary N) is 1. The van der Waals surface area contributed by atoms with Gasteiger partial charge in [0.2, 0.25) is 0 Å². The second-order valence-corrected chi connectivity index (χ2v) is 4.04. The molecule has 76 valence electrons. The number of aromatic nitrogens is 1. The minimum atomic E-state index is 0.484. The van der Waals surface area contributed by atoms with E-state index in [2.05, 4.69) is 4.98 Å². The number of likely N-dealkylation sites (N-methyl/N-ethyl adjacent to an activating group) is 1. The normalized spacial score (nSPS) is 10.5. The van der Waals surface area contributed by atoms with Gasteiger partial charge in [0.05, 0.1) is 10.0 Å². The van der Waals surface area contributed by atoms with Gasteiger partial charge in [-0.1, -0.05) is 23.8 Å². The van der Waals surface area contributed by atoms with Crippen molar-refractivity contribution in [3.8, 4) is 0 Å². The molecule has 0 radical (unpaired) electrons. The summed E-state index contributed by atoms with van der Waals surface area (Å²) in [7, 11) is 1.94. The standard InChI is InChI=1S/C9H12ClN3S/c1-13(6-9(11)14)5-7-2-3-12-4-8(7)10/h2-4H,5-6H2,1H3,(H2,11,14). The lowest BCUT2D eigenvalue weighted by Gasteiger charge is -2.15. The molecule has 0 saturated heterocycles. The lowest BCUT2D eigenvalue weighted by atomic mass is 10.2. The van der Waals surface area contributed by atoms with Gasteiger partial charge in [-0.05, 0) is 18.7 Å². The van der Waals surface area contributed by atoms with E-state index >= 15 is 0 Å². The van der Waals surface area contributed by atoms with Crippen LogP contribution in [0.25, 0.3) is 0 Å². The third kappa shape index (κ3) is 3.57. The fraction of sp³-hybridized carbons (Fsp3) is 0.333. The van der Waals surface area contributed by atoms with Crippen molar-refractivity contribution in [2.24, 2.45) is 5.73 Å². The number of hydrogen-bond acceptors (Lipinski definition) is 3. The van der Waals surface area contributed by atoms with Crippen molar-refractivity contribution in [2.75, 3.05) is 13.6 Å². The lowest BCUT2D eigenvalue weighted by molar-refractivity contribution is 0.374.